The van der Waals surface area contributed by atoms with E-state index in [2.05, 4.69) is 20.4 Å². The third kappa shape index (κ3) is 2.47. The zero-order chi connectivity index (χ0) is 12.3. The average Bonchev–Trinajstić information content (AvgIpc) is 2.88. The predicted molar refractivity (Wildman–Crippen MR) is 63.6 cm³/mol. The third-order valence-corrected chi connectivity index (χ3v) is 2.65. The van der Waals surface area contributed by atoms with Crippen LogP contribution in [0.3, 0.4) is 0 Å². The molecule has 0 aromatic carbocycles. The van der Waals surface area contributed by atoms with Crippen molar-refractivity contribution in [3.8, 4) is 5.88 Å². The largest absolute Gasteiger partial charge is 0.481 e. The molecule has 2 N–H and O–H groups in total. The van der Waals surface area contributed by atoms with E-state index in [0.29, 0.717) is 0 Å². The summed E-state index contributed by atoms with van der Waals surface area (Å²) >= 11 is 0. The summed E-state index contributed by atoms with van der Waals surface area (Å²) in [5.41, 5.74) is 3.14. The Labute approximate surface area is 100 Å². The van der Waals surface area contributed by atoms with Gasteiger partial charge in [0, 0.05) is 32.0 Å². The SMILES string of the molecule is COc1c(CNCc2cnc[nH]2)c(C)nn1C. The maximum absolute atomic E-state index is 5.33. The van der Waals surface area contributed by atoms with Crippen molar-refractivity contribution in [1.29, 1.82) is 0 Å². The molecule has 0 radical (unpaired) electrons. The van der Waals surface area contributed by atoms with Gasteiger partial charge in [-0.05, 0) is 6.92 Å². The number of nitrogens with zero attached hydrogens (tertiary/aromatic N) is 3. The van der Waals surface area contributed by atoms with Crippen LogP contribution < -0.4 is 10.1 Å². The van der Waals surface area contributed by atoms with Crippen LogP contribution in [0.1, 0.15) is 17.0 Å². The zero-order valence-electron chi connectivity index (χ0n) is 10.3. The van der Waals surface area contributed by atoms with Crippen molar-refractivity contribution in [2.45, 2.75) is 20.0 Å². The molecule has 0 aliphatic carbocycles. The van der Waals surface area contributed by atoms with Gasteiger partial charge in [0.2, 0.25) is 5.88 Å². The molecule has 0 aliphatic heterocycles. The molecule has 0 bridgehead atoms. The highest BCUT2D eigenvalue weighted by atomic mass is 16.5. The van der Waals surface area contributed by atoms with Crippen molar-refractivity contribution >= 4 is 0 Å². The summed E-state index contributed by atoms with van der Waals surface area (Å²) in [6.45, 7) is 3.45. The van der Waals surface area contributed by atoms with Gasteiger partial charge in [0.05, 0.1) is 24.7 Å². The molecule has 6 heteroatoms. The first-order valence-electron chi connectivity index (χ1n) is 5.46. The number of aryl methyl sites for hydroxylation is 2. The molecule has 0 spiro atoms. The highest BCUT2D eigenvalue weighted by Gasteiger charge is 2.12. The molecule has 0 fully saturated rings. The molecule has 0 unspecified atom stereocenters. The van der Waals surface area contributed by atoms with E-state index in [1.165, 1.54) is 0 Å². The number of hydrogen-bond donors (Lipinski definition) is 2. The van der Waals surface area contributed by atoms with Gasteiger partial charge in [-0.2, -0.15) is 5.10 Å². The lowest BCUT2D eigenvalue weighted by atomic mass is 10.2. The molecule has 0 aliphatic rings. The Bertz CT molecular complexity index is 474. The standard InChI is InChI=1S/C11H17N5O/c1-8-10(11(17-3)16(2)15-8)6-12-4-9-5-13-7-14-9/h5,7,12H,4,6H2,1-3H3,(H,13,14). The summed E-state index contributed by atoms with van der Waals surface area (Å²) in [6, 6.07) is 0. The van der Waals surface area contributed by atoms with Crippen LogP contribution >= 0.6 is 0 Å². The second kappa shape index (κ2) is 5.01. The van der Waals surface area contributed by atoms with Crippen molar-refractivity contribution in [2.75, 3.05) is 7.11 Å². The van der Waals surface area contributed by atoms with E-state index in [4.69, 9.17) is 4.74 Å². The van der Waals surface area contributed by atoms with Gasteiger partial charge in [-0.3, -0.25) is 0 Å². The van der Waals surface area contributed by atoms with Crippen LogP contribution in [0.2, 0.25) is 0 Å². The average molecular weight is 235 g/mol. The minimum absolute atomic E-state index is 0.724. The van der Waals surface area contributed by atoms with E-state index in [1.54, 1.807) is 24.3 Å². The molecule has 0 amide bonds. The van der Waals surface area contributed by atoms with Crippen LogP contribution in [0.25, 0.3) is 0 Å². The molecule has 2 rings (SSSR count). The predicted octanol–water partition coefficient (Wildman–Crippen LogP) is 0.750. The van der Waals surface area contributed by atoms with Crippen LogP contribution in [0.4, 0.5) is 0 Å². The topological polar surface area (TPSA) is 67.8 Å². The van der Waals surface area contributed by atoms with Gasteiger partial charge in [-0.15, -0.1) is 0 Å². The summed E-state index contributed by atoms with van der Waals surface area (Å²) in [6.07, 6.45) is 3.48. The number of aromatic nitrogens is 4. The van der Waals surface area contributed by atoms with Gasteiger partial charge in [0.15, 0.2) is 0 Å². The normalized spacial score (nSPS) is 10.8. The molecular weight excluding hydrogens is 218 g/mol. The molecule has 0 saturated carbocycles. The Balaban J connectivity index is 1.99. The van der Waals surface area contributed by atoms with Crippen molar-refractivity contribution in [2.24, 2.45) is 7.05 Å². The highest BCUT2D eigenvalue weighted by molar-refractivity contribution is 5.30. The van der Waals surface area contributed by atoms with Crippen molar-refractivity contribution in [1.82, 2.24) is 25.1 Å². The van der Waals surface area contributed by atoms with Gasteiger partial charge < -0.3 is 15.0 Å². The van der Waals surface area contributed by atoms with Gasteiger partial charge in [-0.1, -0.05) is 0 Å². The molecule has 2 aromatic heterocycles. The maximum Gasteiger partial charge on any atom is 0.216 e. The zero-order valence-corrected chi connectivity index (χ0v) is 10.3. The Morgan fingerprint density at radius 3 is 2.94 bits per heavy atom. The van der Waals surface area contributed by atoms with Crippen molar-refractivity contribution in [3.63, 3.8) is 0 Å². The number of rotatable bonds is 5. The molecule has 17 heavy (non-hydrogen) atoms. The van der Waals surface area contributed by atoms with E-state index in [-0.39, 0.29) is 0 Å². The molecule has 6 nitrogen and oxygen atoms in total. The van der Waals surface area contributed by atoms with Crippen LogP contribution in [0.5, 0.6) is 5.88 Å². The number of methoxy groups -OCH3 is 1. The van der Waals surface area contributed by atoms with Crippen LogP contribution in [-0.2, 0) is 20.1 Å². The second-order valence-corrected chi connectivity index (χ2v) is 3.88. The van der Waals surface area contributed by atoms with Gasteiger partial charge in [0.1, 0.15) is 0 Å². The summed E-state index contributed by atoms with van der Waals surface area (Å²) in [5, 5.41) is 7.66. The molecule has 2 aromatic rings. The van der Waals surface area contributed by atoms with E-state index in [0.717, 1.165) is 35.9 Å². The first-order chi connectivity index (χ1) is 8.22. The first-order valence-corrected chi connectivity index (χ1v) is 5.46. The van der Waals surface area contributed by atoms with E-state index < -0.39 is 0 Å². The Morgan fingerprint density at radius 2 is 2.29 bits per heavy atom. The third-order valence-electron chi connectivity index (χ3n) is 2.65. The van der Waals surface area contributed by atoms with Gasteiger partial charge in [-0.25, -0.2) is 9.67 Å². The fraction of sp³-hybridized carbons (Fsp3) is 0.455. The summed E-state index contributed by atoms with van der Waals surface area (Å²) in [7, 11) is 3.54. The fourth-order valence-electron chi connectivity index (χ4n) is 1.84. The van der Waals surface area contributed by atoms with E-state index >= 15 is 0 Å². The molecular formula is C11H17N5O. The number of ether oxygens (including phenoxy) is 1. The van der Waals surface area contributed by atoms with Crippen molar-refractivity contribution in [3.05, 3.63) is 29.5 Å². The number of nitrogens with one attached hydrogen (secondary N) is 2. The molecule has 92 valence electrons. The highest BCUT2D eigenvalue weighted by Crippen LogP contribution is 2.20. The quantitative estimate of drug-likeness (QED) is 0.802. The summed E-state index contributed by atoms with van der Waals surface area (Å²) < 4.78 is 7.08. The Kier molecular flexibility index (Phi) is 3.43. The smallest absolute Gasteiger partial charge is 0.216 e. The van der Waals surface area contributed by atoms with Crippen LogP contribution in [-0.4, -0.2) is 26.9 Å². The van der Waals surface area contributed by atoms with Crippen LogP contribution in [0.15, 0.2) is 12.5 Å². The number of imidazole rings is 1. The maximum atomic E-state index is 5.33. The van der Waals surface area contributed by atoms with Crippen LogP contribution in [0, 0.1) is 6.92 Å². The Hall–Kier alpha value is -1.82. The monoisotopic (exact) mass is 235 g/mol. The van der Waals surface area contributed by atoms with E-state index in [1.807, 2.05) is 14.0 Å². The van der Waals surface area contributed by atoms with Gasteiger partial charge >= 0.3 is 0 Å². The lowest BCUT2D eigenvalue weighted by Crippen LogP contribution is -2.14. The number of H-pyrrole nitrogens is 1. The fourth-order valence-corrected chi connectivity index (χ4v) is 1.84. The molecule has 2 heterocycles. The summed E-state index contributed by atoms with van der Waals surface area (Å²) in [4.78, 5) is 7.01. The first kappa shape index (κ1) is 11.7. The summed E-state index contributed by atoms with van der Waals surface area (Å²) in [5.74, 6) is 0.805. The minimum atomic E-state index is 0.724. The lowest BCUT2D eigenvalue weighted by molar-refractivity contribution is 0.368. The van der Waals surface area contributed by atoms with Crippen molar-refractivity contribution < 1.29 is 4.74 Å². The molecule has 0 atom stereocenters. The van der Waals surface area contributed by atoms with Gasteiger partial charge in [0.25, 0.3) is 0 Å². The lowest BCUT2D eigenvalue weighted by Gasteiger charge is -2.06. The number of aromatic amines is 1. The molecule has 0 saturated heterocycles. The Morgan fingerprint density at radius 1 is 1.47 bits per heavy atom. The van der Waals surface area contributed by atoms with E-state index in [9.17, 15) is 0 Å². The number of hydrogen-bond acceptors (Lipinski definition) is 4. The minimum Gasteiger partial charge on any atom is -0.481 e. The second-order valence-electron chi connectivity index (χ2n) is 3.88.